The van der Waals surface area contributed by atoms with Crippen molar-refractivity contribution in [2.45, 2.75) is 33.2 Å². The molecule has 1 aromatic carbocycles. The number of nitrogens with zero attached hydrogens (tertiary/aromatic N) is 1. The Morgan fingerprint density at radius 3 is 2.67 bits per heavy atom. The molecule has 0 radical (unpaired) electrons. The van der Waals surface area contributed by atoms with Crippen LogP contribution < -0.4 is 5.32 Å². The van der Waals surface area contributed by atoms with E-state index in [1.165, 1.54) is 11.1 Å². The summed E-state index contributed by atoms with van der Waals surface area (Å²) < 4.78 is 0. The summed E-state index contributed by atoms with van der Waals surface area (Å²) in [5.74, 6) is 0.399. The van der Waals surface area contributed by atoms with Crippen LogP contribution in [0.1, 0.15) is 46.8 Å². The van der Waals surface area contributed by atoms with E-state index < -0.39 is 0 Å². The van der Waals surface area contributed by atoms with Crippen molar-refractivity contribution in [3.05, 3.63) is 65.0 Å². The van der Waals surface area contributed by atoms with Crippen LogP contribution in [0.25, 0.3) is 0 Å². The number of halogens is 1. The number of carbonyl (C=O) groups is 1. The van der Waals surface area contributed by atoms with Gasteiger partial charge >= 0.3 is 0 Å². The number of hydrogen-bond acceptors (Lipinski definition) is 2. The van der Waals surface area contributed by atoms with E-state index in [1.807, 2.05) is 0 Å². The van der Waals surface area contributed by atoms with Crippen molar-refractivity contribution >= 4 is 18.3 Å². The third kappa shape index (κ3) is 4.57. The first-order valence-electron chi connectivity index (χ1n) is 6.85. The van der Waals surface area contributed by atoms with Gasteiger partial charge in [-0.25, -0.2) is 0 Å². The number of rotatable bonds is 4. The van der Waals surface area contributed by atoms with E-state index in [4.69, 9.17) is 0 Å². The predicted octanol–water partition coefficient (Wildman–Crippen LogP) is 3.87. The minimum atomic E-state index is -0.0903. The summed E-state index contributed by atoms with van der Waals surface area (Å²) in [6.07, 6.45) is 3.24. The van der Waals surface area contributed by atoms with Crippen LogP contribution in [0.4, 0.5) is 0 Å². The van der Waals surface area contributed by atoms with Gasteiger partial charge in [-0.3, -0.25) is 9.78 Å². The number of amides is 1. The standard InChI is InChI=1S/C17H20N2O.ClH/c1-12(2)14-7-6-13(3)16(9-14)11-19-17(20)15-5-4-8-18-10-15;/h4-10,12H,11H2,1-3H3,(H,19,20);1H. The Balaban J connectivity index is 0.00000220. The highest BCUT2D eigenvalue weighted by atomic mass is 35.5. The Hall–Kier alpha value is -1.87. The summed E-state index contributed by atoms with van der Waals surface area (Å²) in [5.41, 5.74) is 4.24. The minimum Gasteiger partial charge on any atom is -0.348 e. The summed E-state index contributed by atoms with van der Waals surface area (Å²) in [7, 11) is 0. The van der Waals surface area contributed by atoms with Crippen LogP contribution in [0.15, 0.2) is 42.7 Å². The summed E-state index contributed by atoms with van der Waals surface area (Å²) in [5, 5.41) is 2.94. The van der Waals surface area contributed by atoms with Crippen LogP contribution in [0.3, 0.4) is 0 Å². The molecule has 1 amide bonds. The SMILES string of the molecule is Cc1ccc(C(C)C)cc1CNC(=O)c1cccnc1.Cl. The molecule has 2 aromatic rings. The molecule has 0 aliphatic heterocycles. The van der Waals surface area contributed by atoms with Gasteiger partial charge in [0.25, 0.3) is 5.91 Å². The Bertz CT molecular complexity index is 597. The first-order valence-corrected chi connectivity index (χ1v) is 6.85. The summed E-state index contributed by atoms with van der Waals surface area (Å²) in [4.78, 5) is 16.0. The third-order valence-electron chi connectivity index (χ3n) is 3.40. The fourth-order valence-electron chi connectivity index (χ4n) is 2.02. The highest BCUT2D eigenvalue weighted by Crippen LogP contribution is 2.18. The molecule has 0 bridgehead atoms. The van der Waals surface area contributed by atoms with Crippen LogP contribution in [0.2, 0.25) is 0 Å². The van der Waals surface area contributed by atoms with E-state index in [0.29, 0.717) is 18.0 Å². The molecule has 0 aliphatic carbocycles. The molecule has 0 unspecified atom stereocenters. The average molecular weight is 305 g/mol. The highest BCUT2D eigenvalue weighted by Gasteiger charge is 2.07. The lowest BCUT2D eigenvalue weighted by Crippen LogP contribution is -2.23. The van der Waals surface area contributed by atoms with E-state index >= 15 is 0 Å². The van der Waals surface area contributed by atoms with Crippen molar-refractivity contribution in [3.63, 3.8) is 0 Å². The zero-order valence-electron chi connectivity index (χ0n) is 12.6. The highest BCUT2D eigenvalue weighted by molar-refractivity contribution is 5.93. The van der Waals surface area contributed by atoms with E-state index in [9.17, 15) is 4.79 Å². The van der Waals surface area contributed by atoms with E-state index in [-0.39, 0.29) is 18.3 Å². The molecule has 0 saturated carbocycles. The first-order chi connectivity index (χ1) is 9.58. The summed E-state index contributed by atoms with van der Waals surface area (Å²) >= 11 is 0. The lowest BCUT2D eigenvalue weighted by atomic mass is 9.98. The van der Waals surface area contributed by atoms with Crippen molar-refractivity contribution in [2.75, 3.05) is 0 Å². The fourth-order valence-corrected chi connectivity index (χ4v) is 2.02. The third-order valence-corrected chi connectivity index (χ3v) is 3.40. The average Bonchev–Trinajstić information content (AvgIpc) is 2.46. The molecule has 2 rings (SSSR count). The second-order valence-corrected chi connectivity index (χ2v) is 5.27. The smallest absolute Gasteiger partial charge is 0.253 e. The lowest BCUT2D eigenvalue weighted by Gasteiger charge is -2.12. The van der Waals surface area contributed by atoms with E-state index in [0.717, 1.165) is 5.56 Å². The normalized spacial score (nSPS) is 10.1. The number of aryl methyl sites for hydroxylation is 1. The van der Waals surface area contributed by atoms with Crippen molar-refractivity contribution in [3.8, 4) is 0 Å². The lowest BCUT2D eigenvalue weighted by molar-refractivity contribution is 0.0950. The molecule has 21 heavy (non-hydrogen) atoms. The maximum atomic E-state index is 12.0. The van der Waals surface area contributed by atoms with Crippen molar-refractivity contribution < 1.29 is 4.79 Å². The molecule has 0 atom stereocenters. The Morgan fingerprint density at radius 1 is 1.29 bits per heavy atom. The predicted molar refractivity (Wildman–Crippen MR) is 87.9 cm³/mol. The summed E-state index contributed by atoms with van der Waals surface area (Å²) in [6, 6.07) is 9.95. The number of pyridine rings is 1. The minimum absolute atomic E-state index is 0. The van der Waals surface area contributed by atoms with Gasteiger partial charge in [0.2, 0.25) is 0 Å². The van der Waals surface area contributed by atoms with Gasteiger partial charge in [0.05, 0.1) is 5.56 Å². The Morgan fingerprint density at radius 2 is 2.05 bits per heavy atom. The zero-order valence-corrected chi connectivity index (χ0v) is 13.4. The van der Waals surface area contributed by atoms with Gasteiger partial charge < -0.3 is 5.32 Å². The van der Waals surface area contributed by atoms with Gasteiger partial charge in [0, 0.05) is 18.9 Å². The topological polar surface area (TPSA) is 42.0 Å². The van der Waals surface area contributed by atoms with Crippen LogP contribution in [-0.2, 0) is 6.54 Å². The number of hydrogen-bond donors (Lipinski definition) is 1. The van der Waals surface area contributed by atoms with Gasteiger partial charge in [0.1, 0.15) is 0 Å². The van der Waals surface area contributed by atoms with Crippen LogP contribution in [-0.4, -0.2) is 10.9 Å². The number of aromatic nitrogens is 1. The van der Waals surface area contributed by atoms with E-state index in [1.54, 1.807) is 24.5 Å². The molecular weight excluding hydrogens is 284 g/mol. The maximum absolute atomic E-state index is 12.0. The number of carbonyl (C=O) groups excluding carboxylic acids is 1. The number of benzene rings is 1. The van der Waals surface area contributed by atoms with Crippen LogP contribution >= 0.6 is 12.4 Å². The van der Waals surface area contributed by atoms with Crippen LogP contribution in [0, 0.1) is 6.92 Å². The van der Waals surface area contributed by atoms with Gasteiger partial charge in [-0.1, -0.05) is 32.0 Å². The zero-order chi connectivity index (χ0) is 14.5. The molecule has 0 fully saturated rings. The maximum Gasteiger partial charge on any atom is 0.253 e. The van der Waals surface area contributed by atoms with Gasteiger partial charge in [-0.05, 0) is 41.7 Å². The monoisotopic (exact) mass is 304 g/mol. The summed E-state index contributed by atoms with van der Waals surface area (Å²) in [6.45, 7) is 6.95. The Labute approximate surface area is 132 Å². The second kappa shape index (κ2) is 7.79. The molecule has 1 heterocycles. The molecule has 1 aromatic heterocycles. The molecule has 0 saturated heterocycles. The molecule has 112 valence electrons. The Kier molecular flexibility index (Phi) is 6.38. The van der Waals surface area contributed by atoms with E-state index in [2.05, 4.69) is 49.3 Å². The molecule has 0 spiro atoms. The van der Waals surface area contributed by atoms with Gasteiger partial charge in [0.15, 0.2) is 0 Å². The molecule has 4 heteroatoms. The second-order valence-electron chi connectivity index (χ2n) is 5.27. The van der Waals surface area contributed by atoms with Crippen LogP contribution in [0.5, 0.6) is 0 Å². The molecule has 3 nitrogen and oxygen atoms in total. The molecular formula is C17H21ClN2O. The number of nitrogens with one attached hydrogen (secondary N) is 1. The first kappa shape index (κ1) is 17.2. The quantitative estimate of drug-likeness (QED) is 0.932. The van der Waals surface area contributed by atoms with Crippen molar-refractivity contribution in [2.24, 2.45) is 0 Å². The van der Waals surface area contributed by atoms with Crippen molar-refractivity contribution in [1.82, 2.24) is 10.3 Å². The molecule has 0 aliphatic rings. The molecule has 1 N–H and O–H groups in total. The van der Waals surface area contributed by atoms with Gasteiger partial charge in [-0.15, -0.1) is 12.4 Å². The largest absolute Gasteiger partial charge is 0.348 e. The van der Waals surface area contributed by atoms with Crippen molar-refractivity contribution in [1.29, 1.82) is 0 Å². The van der Waals surface area contributed by atoms with Gasteiger partial charge in [-0.2, -0.15) is 0 Å². The fraction of sp³-hybridized carbons (Fsp3) is 0.294.